The standard InChI is InChI=1S/C9H12N2O3S/c1-5(9(13)14-3)10-8(12)7-4-15-6(2)11-7/h4-5H,1-3H3,(H,10,12). The minimum absolute atomic E-state index is 0.327. The molecule has 15 heavy (non-hydrogen) atoms. The average Bonchev–Trinajstić information content (AvgIpc) is 2.63. The summed E-state index contributed by atoms with van der Waals surface area (Å²) in [5, 5.41) is 4.95. The summed E-state index contributed by atoms with van der Waals surface area (Å²) in [6.07, 6.45) is 0. The minimum atomic E-state index is -0.662. The van der Waals surface area contributed by atoms with Crippen LogP contribution in [0.4, 0.5) is 0 Å². The second-order valence-corrected chi connectivity index (χ2v) is 4.03. The van der Waals surface area contributed by atoms with E-state index in [2.05, 4.69) is 15.0 Å². The Bertz CT molecular complexity index is 375. The zero-order valence-electron chi connectivity index (χ0n) is 8.73. The first-order chi connectivity index (χ1) is 7.04. The number of methoxy groups -OCH3 is 1. The van der Waals surface area contributed by atoms with Gasteiger partial charge in [-0.15, -0.1) is 11.3 Å². The maximum Gasteiger partial charge on any atom is 0.328 e. The van der Waals surface area contributed by atoms with Crippen LogP contribution in [0.3, 0.4) is 0 Å². The second-order valence-electron chi connectivity index (χ2n) is 2.97. The number of nitrogens with zero attached hydrogens (tertiary/aromatic N) is 1. The fraction of sp³-hybridized carbons (Fsp3) is 0.444. The molecule has 0 radical (unpaired) electrons. The van der Waals surface area contributed by atoms with Gasteiger partial charge in [0.05, 0.1) is 12.1 Å². The molecule has 0 aromatic carbocycles. The molecule has 1 unspecified atom stereocenters. The summed E-state index contributed by atoms with van der Waals surface area (Å²) in [4.78, 5) is 26.5. The molecule has 1 amide bonds. The van der Waals surface area contributed by atoms with Gasteiger partial charge >= 0.3 is 5.97 Å². The van der Waals surface area contributed by atoms with Crippen molar-refractivity contribution < 1.29 is 14.3 Å². The third-order valence-electron chi connectivity index (χ3n) is 1.75. The van der Waals surface area contributed by atoms with Crippen molar-refractivity contribution in [3.63, 3.8) is 0 Å². The lowest BCUT2D eigenvalue weighted by molar-refractivity contribution is -0.142. The smallest absolute Gasteiger partial charge is 0.328 e. The number of carbonyl (C=O) groups excluding carboxylic acids is 2. The normalized spacial score (nSPS) is 11.9. The van der Waals surface area contributed by atoms with E-state index in [-0.39, 0.29) is 5.91 Å². The van der Waals surface area contributed by atoms with E-state index >= 15 is 0 Å². The molecule has 0 spiro atoms. The van der Waals surface area contributed by atoms with Gasteiger partial charge in [-0.3, -0.25) is 4.79 Å². The van der Waals surface area contributed by atoms with Crippen LogP contribution < -0.4 is 5.32 Å². The van der Waals surface area contributed by atoms with Gasteiger partial charge in [-0.1, -0.05) is 0 Å². The van der Waals surface area contributed by atoms with Gasteiger partial charge in [0.2, 0.25) is 0 Å². The molecule has 82 valence electrons. The van der Waals surface area contributed by atoms with Gasteiger partial charge in [-0.2, -0.15) is 0 Å². The van der Waals surface area contributed by atoms with E-state index in [0.717, 1.165) is 5.01 Å². The van der Waals surface area contributed by atoms with Crippen LogP contribution in [0.2, 0.25) is 0 Å². The van der Waals surface area contributed by atoms with E-state index in [0.29, 0.717) is 5.69 Å². The largest absolute Gasteiger partial charge is 0.467 e. The van der Waals surface area contributed by atoms with Crippen LogP contribution >= 0.6 is 11.3 Å². The molecule has 1 aromatic heterocycles. The van der Waals surface area contributed by atoms with Gasteiger partial charge < -0.3 is 10.1 Å². The number of carbonyl (C=O) groups is 2. The lowest BCUT2D eigenvalue weighted by Gasteiger charge is -2.09. The highest BCUT2D eigenvalue weighted by molar-refractivity contribution is 7.09. The number of thiazole rings is 1. The Hall–Kier alpha value is -1.43. The third kappa shape index (κ3) is 3.02. The van der Waals surface area contributed by atoms with Gasteiger partial charge in [-0.25, -0.2) is 9.78 Å². The number of hydrogen-bond donors (Lipinski definition) is 1. The Labute approximate surface area is 91.5 Å². The molecule has 0 aliphatic rings. The number of amides is 1. The molecule has 1 rings (SSSR count). The molecule has 6 heteroatoms. The topological polar surface area (TPSA) is 68.3 Å². The molecule has 1 atom stereocenters. The molecule has 0 bridgehead atoms. The predicted molar refractivity (Wildman–Crippen MR) is 55.8 cm³/mol. The maximum atomic E-state index is 11.5. The van der Waals surface area contributed by atoms with Crippen molar-refractivity contribution >= 4 is 23.2 Å². The molecule has 0 saturated carbocycles. The van der Waals surface area contributed by atoms with E-state index in [1.54, 1.807) is 12.3 Å². The van der Waals surface area contributed by atoms with Crippen molar-refractivity contribution in [3.8, 4) is 0 Å². The number of rotatable bonds is 3. The van der Waals surface area contributed by atoms with Crippen LogP contribution in [-0.2, 0) is 9.53 Å². The second kappa shape index (κ2) is 4.88. The van der Waals surface area contributed by atoms with Crippen molar-refractivity contribution in [2.24, 2.45) is 0 Å². The lowest BCUT2D eigenvalue weighted by atomic mass is 10.3. The number of nitrogens with one attached hydrogen (secondary N) is 1. The fourth-order valence-corrected chi connectivity index (χ4v) is 1.57. The Morgan fingerprint density at radius 3 is 2.73 bits per heavy atom. The van der Waals surface area contributed by atoms with Crippen LogP contribution in [0.15, 0.2) is 5.38 Å². The molecular formula is C9H12N2O3S. The number of esters is 1. The fourth-order valence-electron chi connectivity index (χ4n) is 0.974. The molecular weight excluding hydrogens is 216 g/mol. The van der Waals surface area contributed by atoms with Crippen molar-refractivity contribution in [2.75, 3.05) is 7.11 Å². The van der Waals surface area contributed by atoms with Crippen molar-refractivity contribution in [1.82, 2.24) is 10.3 Å². The first-order valence-corrected chi connectivity index (χ1v) is 5.23. The first-order valence-electron chi connectivity index (χ1n) is 4.35. The van der Waals surface area contributed by atoms with Crippen molar-refractivity contribution in [2.45, 2.75) is 19.9 Å². The Morgan fingerprint density at radius 2 is 2.27 bits per heavy atom. The SMILES string of the molecule is COC(=O)C(C)NC(=O)c1csc(C)n1. The monoisotopic (exact) mass is 228 g/mol. The summed E-state index contributed by atoms with van der Waals surface area (Å²) in [5.41, 5.74) is 0.327. The van der Waals surface area contributed by atoms with Crippen LogP contribution in [0.1, 0.15) is 22.4 Å². The highest BCUT2D eigenvalue weighted by Gasteiger charge is 2.18. The van der Waals surface area contributed by atoms with E-state index in [1.807, 2.05) is 6.92 Å². The number of aromatic nitrogens is 1. The highest BCUT2D eigenvalue weighted by Crippen LogP contribution is 2.07. The Kier molecular flexibility index (Phi) is 3.79. The maximum absolute atomic E-state index is 11.5. The summed E-state index contributed by atoms with van der Waals surface area (Å²) in [5.74, 6) is -0.840. The molecule has 5 nitrogen and oxygen atoms in total. The number of ether oxygens (including phenoxy) is 1. The molecule has 0 aliphatic heterocycles. The van der Waals surface area contributed by atoms with E-state index < -0.39 is 12.0 Å². The van der Waals surface area contributed by atoms with Gasteiger partial charge in [-0.05, 0) is 13.8 Å². The van der Waals surface area contributed by atoms with E-state index in [9.17, 15) is 9.59 Å². The molecule has 0 fully saturated rings. The first kappa shape index (κ1) is 11.6. The highest BCUT2D eigenvalue weighted by atomic mass is 32.1. The number of hydrogen-bond acceptors (Lipinski definition) is 5. The Morgan fingerprint density at radius 1 is 1.60 bits per heavy atom. The van der Waals surface area contributed by atoms with Gasteiger partial charge in [0.25, 0.3) is 5.91 Å². The lowest BCUT2D eigenvalue weighted by Crippen LogP contribution is -2.39. The molecule has 1 N–H and O–H groups in total. The van der Waals surface area contributed by atoms with Crippen molar-refractivity contribution in [3.05, 3.63) is 16.1 Å². The predicted octanol–water partition coefficient (Wildman–Crippen LogP) is 0.743. The summed E-state index contributed by atoms with van der Waals surface area (Å²) in [7, 11) is 1.28. The van der Waals surface area contributed by atoms with E-state index in [1.165, 1.54) is 18.4 Å². The zero-order valence-corrected chi connectivity index (χ0v) is 9.55. The van der Waals surface area contributed by atoms with Gasteiger partial charge in [0, 0.05) is 5.38 Å². The van der Waals surface area contributed by atoms with Crippen LogP contribution in [-0.4, -0.2) is 30.0 Å². The molecule has 0 saturated heterocycles. The van der Waals surface area contributed by atoms with Gasteiger partial charge in [0.1, 0.15) is 11.7 Å². The minimum Gasteiger partial charge on any atom is -0.467 e. The van der Waals surface area contributed by atoms with Crippen LogP contribution in [0.25, 0.3) is 0 Å². The molecule has 1 heterocycles. The zero-order chi connectivity index (χ0) is 11.4. The van der Waals surface area contributed by atoms with Crippen LogP contribution in [0.5, 0.6) is 0 Å². The summed E-state index contributed by atoms with van der Waals surface area (Å²) < 4.78 is 4.48. The van der Waals surface area contributed by atoms with E-state index in [4.69, 9.17) is 0 Å². The van der Waals surface area contributed by atoms with Crippen LogP contribution in [0, 0.1) is 6.92 Å². The summed E-state index contributed by atoms with van der Waals surface area (Å²) in [6.45, 7) is 3.37. The molecule has 1 aromatic rings. The van der Waals surface area contributed by atoms with Gasteiger partial charge in [0.15, 0.2) is 0 Å². The summed E-state index contributed by atoms with van der Waals surface area (Å²) in [6, 6.07) is -0.662. The third-order valence-corrected chi connectivity index (χ3v) is 2.53. The van der Waals surface area contributed by atoms with Crippen molar-refractivity contribution in [1.29, 1.82) is 0 Å². The number of aryl methyl sites for hydroxylation is 1. The molecule has 0 aliphatic carbocycles. The summed E-state index contributed by atoms with van der Waals surface area (Å²) >= 11 is 1.39. The average molecular weight is 228 g/mol. The quantitative estimate of drug-likeness (QED) is 0.775. The Balaban J connectivity index is 2.60.